The molecule has 0 saturated carbocycles. The van der Waals surface area contributed by atoms with Gasteiger partial charge in [-0.25, -0.2) is 4.68 Å². The molecule has 0 fully saturated rings. The van der Waals surface area contributed by atoms with Gasteiger partial charge in [0.25, 0.3) is 0 Å². The fourth-order valence-electron chi connectivity index (χ4n) is 3.99. The molecule has 146 valence electrons. The van der Waals surface area contributed by atoms with Crippen molar-refractivity contribution in [2.45, 2.75) is 26.4 Å². The minimum absolute atomic E-state index is 0.150. The number of hydrogen-bond donors (Lipinski definition) is 1. The van der Waals surface area contributed by atoms with Crippen LogP contribution in [-0.2, 0) is 6.54 Å². The summed E-state index contributed by atoms with van der Waals surface area (Å²) in [5.74, 6) is 1.66. The summed E-state index contributed by atoms with van der Waals surface area (Å²) in [4.78, 5) is 0. The third-order valence-electron chi connectivity index (χ3n) is 5.59. The molecule has 0 spiro atoms. The summed E-state index contributed by atoms with van der Waals surface area (Å²) in [6, 6.07) is 20.9. The molecule has 0 bridgehead atoms. The van der Waals surface area contributed by atoms with Crippen LogP contribution in [0.25, 0.3) is 16.5 Å². The monoisotopic (exact) mass is 385 g/mol. The molecule has 0 radical (unpaired) electrons. The van der Waals surface area contributed by atoms with E-state index in [1.807, 2.05) is 23.0 Å². The summed E-state index contributed by atoms with van der Waals surface area (Å²) in [5, 5.41) is 10.7. The standard InChI is InChI=1S/C24H23N3O2/c1-16(25-13-19-9-6-12-23-24(19)29-15-28-23)21-14-26-27(17(21)2)22-11-5-8-18-7-3-4-10-20(18)22/h3-12,14,16,25H,13,15H2,1-2H3/t16-/m1/s1. The van der Waals surface area contributed by atoms with Gasteiger partial charge in [0.2, 0.25) is 6.79 Å². The van der Waals surface area contributed by atoms with Crippen molar-refractivity contribution in [2.24, 2.45) is 0 Å². The molecule has 0 aliphatic carbocycles. The average Bonchev–Trinajstić information content (AvgIpc) is 3.38. The van der Waals surface area contributed by atoms with Crippen molar-refractivity contribution in [1.29, 1.82) is 0 Å². The Bertz CT molecular complexity index is 1180. The Morgan fingerprint density at radius 2 is 1.86 bits per heavy atom. The van der Waals surface area contributed by atoms with Crippen molar-refractivity contribution in [1.82, 2.24) is 15.1 Å². The lowest BCUT2D eigenvalue weighted by Crippen LogP contribution is -2.19. The smallest absolute Gasteiger partial charge is 0.231 e. The molecule has 0 saturated heterocycles. The molecule has 1 aromatic heterocycles. The van der Waals surface area contributed by atoms with Crippen LogP contribution in [-0.4, -0.2) is 16.6 Å². The molecule has 1 N–H and O–H groups in total. The first kappa shape index (κ1) is 17.8. The Labute approximate surface area is 169 Å². The van der Waals surface area contributed by atoms with E-state index >= 15 is 0 Å². The number of nitrogens with zero attached hydrogens (tertiary/aromatic N) is 2. The summed E-state index contributed by atoms with van der Waals surface area (Å²) in [5.41, 5.74) is 4.53. The molecule has 5 rings (SSSR count). The number of nitrogens with one attached hydrogen (secondary N) is 1. The quantitative estimate of drug-likeness (QED) is 0.530. The van der Waals surface area contributed by atoms with E-state index in [1.54, 1.807) is 0 Å². The van der Waals surface area contributed by atoms with Gasteiger partial charge in [0, 0.05) is 34.8 Å². The SMILES string of the molecule is Cc1c([C@@H](C)NCc2cccc3c2OCO3)cnn1-c1cccc2ccccc12. The number of aromatic nitrogens is 2. The van der Waals surface area contributed by atoms with Gasteiger partial charge in [-0.2, -0.15) is 5.10 Å². The zero-order valence-corrected chi connectivity index (χ0v) is 16.6. The predicted octanol–water partition coefficient (Wildman–Crippen LogP) is 4.91. The Kier molecular flexibility index (Phi) is 4.45. The van der Waals surface area contributed by atoms with Crippen molar-refractivity contribution >= 4 is 10.8 Å². The lowest BCUT2D eigenvalue weighted by atomic mass is 10.1. The lowest BCUT2D eigenvalue weighted by molar-refractivity contribution is 0.173. The van der Waals surface area contributed by atoms with Gasteiger partial charge in [0.05, 0.1) is 11.9 Å². The van der Waals surface area contributed by atoms with E-state index in [0.717, 1.165) is 28.4 Å². The van der Waals surface area contributed by atoms with E-state index in [4.69, 9.17) is 14.6 Å². The minimum Gasteiger partial charge on any atom is -0.454 e. The molecule has 5 heteroatoms. The van der Waals surface area contributed by atoms with E-state index in [9.17, 15) is 0 Å². The van der Waals surface area contributed by atoms with Crippen LogP contribution < -0.4 is 14.8 Å². The second-order valence-electron chi connectivity index (χ2n) is 7.35. The van der Waals surface area contributed by atoms with E-state index in [-0.39, 0.29) is 6.04 Å². The lowest BCUT2D eigenvalue weighted by Gasteiger charge is -2.15. The van der Waals surface area contributed by atoms with Gasteiger partial charge >= 0.3 is 0 Å². The first-order chi connectivity index (χ1) is 14.2. The van der Waals surface area contributed by atoms with Gasteiger partial charge in [-0.05, 0) is 31.4 Å². The fraction of sp³-hybridized carbons (Fsp3) is 0.208. The average molecular weight is 385 g/mol. The van der Waals surface area contributed by atoms with Gasteiger partial charge in [0.15, 0.2) is 11.5 Å². The highest BCUT2D eigenvalue weighted by Crippen LogP contribution is 2.35. The molecule has 29 heavy (non-hydrogen) atoms. The van der Waals surface area contributed by atoms with Crippen LogP contribution in [0.5, 0.6) is 11.5 Å². The zero-order valence-electron chi connectivity index (χ0n) is 16.6. The van der Waals surface area contributed by atoms with Gasteiger partial charge < -0.3 is 14.8 Å². The van der Waals surface area contributed by atoms with Gasteiger partial charge in [0.1, 0.15) is 0 Å². The summed E-state index contributed by atoms with van der Waals surface area (Å²) in [6.07, 6.45) is 1.96. The summed E-state index contributed by atoms with van der Waals surface area (Å²) >= 11 is 0. The fourth-order valence-corrected chi connectivity index (χ4v) is 3.99. The van der Waals surface area contributed by atoms with Crippen LogP contribution in [0, 0.1) is 6.92 Å². The van der Waals surface area contributed by atoms with Crippen LogP contribution >= 0.6 is 0 Å². The number of benzene rings is 3. The molecule has 4 aromatic rings. The van der Waals surface area contributed by atoms with Gasteiger partial charge in [-0.1, -0.05) is 48.5 Å². The topological polar surface area (TPSA) is 48.3 Å². The van der Waals surface area contributed by atoms with Crippen molar-refractivity contribution in [3.63, 3.8) is 0 Å². The zero-order chi connectivity index (χ0) is 19.8. The van der Waals surface area contributed by atoms with Crippen LogP contribution in [0.4, 0.5) is 0 Å². The highest BCUT2D eigenvalue weighted by Gasteiger charge is 2.19. The predicted molar refractivity (Wildman–Crippen MR) is 114 cm³/mol. The maximum absolute atomic E-state index is 5.62. The number of para-hydroxylation sites is 1. The van der Waals surface area contributed by atoms with E-state index in [1.165, 1.54) is 16.3 Å². The minimum atomic E-state index is 0.150. The number of fused-ring (bicyclic) bond motifs is 2. The van der Waals surface area contributed by atoms with Gasteiger partial charge in [-0.3, -0.25) is 0 Å². The van der Waals surface area contributed by atoms with E-state index in [2.05, 4.69) is 67.7 Å². The first-order valence-electron chi connectivity index (χ1n) is 9.86. The molecule has 0 amide bonds. The Hall–Kier alpha value is -3.31. The van der Waals surface area contributed by atoms with Crippen LogP contribution in [0.3, 0.4) is 0 Å². The molecule has 1 atom stereocenters. The highest BCUT2D eigenvalue weighted by molar-refractivity contribution is 5.90. The molecule has 2 heterocycles. The maximum Gasteiger partial charge on any atom is 0.231 e. The third kappa shape index (κ3) is 3.13. The summed E-state index contributed by atoms with van der Waals surface area (Å²) < 4.78 is 13.1. The number of rotatable bonds is 5. The molecule has 1 aliphatic heterocycles. The van der Waals surface area contributed by atoms with Crippen molar-refractivity contribution < 1.29 is 9.47 Å². The van der Waals surface area contributed by atoms with Crippen LogP contribution in [0.15, 0.2) is 66.9 Å². The second-order valence-corrected chi connectivity index (χ2v) is 7.35. The van der Waals surface area contributed by atoms with Crippen molar-refractivity contribution in [3.05, 3.63) is 83.7 Å². The molecular formula is C24H23N3O2. The summed E-state index contributed by atoms with van der Waals surface area (Å²) in [7, 11) is 0. The van der Waals surface area contributed by atoms with E-state index < -0.39 is 0 Å². The Morgan fingerprint density at radius 1 is 1.03 bits per heavy atom. The van der Waals surface area contributed by atoms with E-state index in [0.29, 0.717) is 13.3 Å². The third-order valence-corrected chi connectivity index (χ3v) is 5.59. The molecular weight excluding hydrogens is 362 g/mol. The Balaban J connectivity index is 1.40. The maximum atomic E-state index is 5.62. The number of ether oxygens (including phenoxy) is 2. The van der Waals surface area contributed by atoms with Crippen LogP contribution in [0.2, 0.25) is 0 Å². The molecule has 1 aliphatic rings. The van der Waals surface area contributed by atoms with Gasteiger partial charge in [-0.15, -0.1) is 0 Å². The summed E-state index contributed by atoms with van der Waals surface area (Å²) in [6.45, 7) is 5.28. The second kappa shape index (κ2) is 7.26. The molecule has 5 nitrogen and oxygen atoms in total. The number of hydrogen-bond acceptors (Lipinski definition) is 4. The molecule has 0 unspecified atom stereocenters. The highest BCUT2D eigenvalue weighted by atomic mass is 16.7. The normalized spacial score (nSPS) is 13.7. The van der Waals surface area contributed by atoms with Crippen LogP contribution in [0.1, 0.15) is 29.8 Å². The first-order valence-corrected chi connectivity index (χ1v) is 9.86. The van der Waals surface area contributed by atoms with Crippen molar-refractivity contribution in [3.8, 4) is 17.2 Å². The largest absolute Gasteiger partial charge is 0.454 e. The molecule has 3 aromatic carbocycles. The van der Waals surface area contributed by atoms with Crippen molar-refractivity contribution in [2.75, 3.05) is 6.79 Å². The Morgan fingerprint density at radius 3 is 2.79 bits per heavy atom.